The lowest BCUT2D eigenvalue weighted by molar-refractivity contribution is -0.121. The Balaban J connectivity index is 0.000000185. The molecule has 0 bridgehead atoms. The van der Waals surface area contributed by atoms with Gasteiger partial charge in [-0.25, -0.2) is 28.1 Å². The van der Waals surface area contributed by atoms with E-state index in [0.29, 0.717) is 82.2 Å². The van der Waals surface area contributed by atoms with Crippen LogP contribution in [0.4, 0.5) is 71.2 Å². The third-order valence-corrected chi connectivity index (χ3v) is 20.0. The normalized spacial score (nSPS) is 17.2. The minimum Gasteiger partial charge on any atom is -0.491 e. The molecule has 0 saturated heterocycles. The minimum absolute atomic E-state index is 0.00368. The molecule has 3 heterocycles. The number of aliphatic hydroxyl groups is 1. The van der Waals surface area contributed by atoms with Crippen molar-refractivity contribution in [1.29, 1.82) is 0 Å². The highest BCUT2D eigenvalue weighted by Crippen LogP contribution is 2.31. The Kier molecular flexibility index (Phi) is 32.7. The summed E-state index contributed by atoms with van der Waals surface area (Å²) in [7, 11) is 8.79. The molecule has 0 aliphatic heterocycles. The first-order valence-electron chi connectivity index (χ1n) is 39.8. The van der Waals surface area contributed by atoms with Gasteiger partial charge in [-0.2, -0.15) is 15.0 Å². The van der Waals surface area contributed by atoms with Crippen LogP contribution in [0, 0.1) is 17.5 Å². The first-order valence-corrected chi connectivity index (χ1v) is 39.8. The Bertz CT molecular complexity index is 4590. The molecular formula is C88H111F3N16O10. The standard InChI is InChI=1S/C31H40FN5O3.C29H36FN5O4.C28H35FN6O3/c1-31(2,3)22-10-8-21(9-11-22)18-28(38)34-24-6-5-7-25(19-24)35-29-27(32)20-33-30(37-29)36-23-12-14-26(15-13-23)40-17-16-39-4;1-29(2,37)20-9-7-19(8-10-20)27(36)33-23-6-4-5-22(17-23)32-26-25(30)18-31-28(35-26)34-21-11-13-24(14-12-21)39-16-15-38-3;1-35(2)23-11-7-19(8-12-23)27(36)32-22-6-4-5-21(17-22)31-26-25(29)18-30-28(34-26)33-20-9-13-24(14-10-20)38-16-15-37-3/h8-15,20,24-25H,5-7,16-19H2,1-4H3,(H,34,38)(H2,33,35,36,37);7-14,18,22-23,37H,4-6,15-17H2,1-3H3,(H,33,36)(H2,31,32,34,35);7-14,18,21-22H,4-6,15-17H2,1-3H3,(H,32,36)(H2,30,31,33,34). The summed E-state index contributed by atoms with van der Waals surface area (Å²) in [6.07, 6.45) is 13.7. The number of amides is 3. The van der Waals surface area contributed by atoms with E-state index < -0.39 is 23.1 Å². The first kappa shape index (κ1) is 88.0. The number of nitrogens with one attached hydrogen (secondary N) is 9. The minimum atomic E-state index is -0.966. The highest BCUT2D eigenvalue weighted by Gasteiger charge is 2.29. The topological polar surface area (TPSA) is 316 Å². The van der Waals surface area contributed by atoms with Gasteiger partial charge in [-0.3, -0.25) is 14.4 Å². The van der Waals surface area contributed by atoms with E-state index in [1.165, 1.54) is 5.56 Å². The summed E-state index contributed by atoms with van der Waals surface area (Å²) >= 11 is 0. The molecule has 3 aliphatic carbocycles. The summed E-state index contributed by atoms with van der Waals surface area (Å²) < 4.78 is 75.4. The molecule has 10 N–H and O–H groups in total. The third-order valence-electron chi connectivity index (χ3n) is 20.0. The smallest absolute Gasteiger partial charge is 0.251 e. The summed E-state index contributed by atoms with van der Waals surface area (Å²) in [4.78, 5) is 65.6. The van der Waals surface area contributed by atoms with Crippen LogP contribution >= 0.6 is 0 Å². The molecule has 6 aromatic carbocycles. The second kappa shape index (κ2) is 43.5. The maximum Gasteiger partial charge on any atom is 0.251 e. The van der Waals surface area contributed by atoms with Crippen molar-refractivity contribution in [3.8, 4) is 17.2 Å². The van der Waals surface area contributed by atoms with Crippen molar-refractivity contribution in [2.24, 2.45) is 0 Å². The van der Waals surface area contributed by atoms with E-state index >= 15 is 0 Å². The lowest BCUT2D eigenvalue weighted by Crippen LogP contribution is -2.42. The number of benzene rings is 6. The number of anilines is 10. The summed E-state index contributed by atoms with van der Waals surface area (Å²) in [5.74, 6) is 1.55. The van der Waals surface area contributed by atoms with E-state index in [9.17, 15) is 32.7 Å². The summed E-state index contributed by atoms with van der Waals surface area (Å²) in [5, 5.41) is 38.5. The van der Waals surface area contributed by atoms with Crippen LogP contribution in [0.1, 0.15) is 149 Å². The molecule has 3 saturated carbocycles. The van der Waals surface area contributed by atoms with E-state index in [1.54, 1.807) is 59.4 Å². The summed E-state index contributed by atoms with van der Waals surface area (Å²) in [6, 6.07) is 44.6. The van der Waals surface area contributed by atoms with E-state index in [0.717, 1.165) is 122 Å². The van der Waals surface area contributed by atoms with Crippen molar-refractivity contribution >= 4 is 75.8 Å². The fraction of sp³-hybridized carbons (Fsp3) is 0.420. The quantitative estimate of drug-likeness (QED) is 0.0171. The van der Waals surface area contributed by atoms with Gasteiger partial charge in [0.25, 0.3) is 11.8 Å². The summed E-state index contributed by atoms with van der Waals surface area (Å²) in [6.45, 7) is 12.9. The van der Waals surface area contributed by atoms with Crippen molar-refractivity contribution in [2.45, 2.75) is 165 Å². The predicted molar refractivity (Wildman–Crippen MR) is 451 cm³/mol. The Morgan fingerprint density at radius 3 is 1.08 bits per heavy atom. The zero-order valence-electron chi connectivity index (χ0n) is 68.4. The van der Waals surface area contributed by atoms with Crippen LogP contribution < -0.4 is 67.0 Å². The molecule has 3 fully saturated rings. The van der Waals surface area contributed by atoms with Crippen molar-refractivity contribution in [2.75, 3.05) is 112 Å². The number of hydrogen-bond donors (Lipinski definition) is 10. The molecular weight excluding hydrogens is 1500 g/mol. The molecule has 0 radical (unpaired) electrons. The van der Waals surface area contributed by atoms with Gasteiger partial charge in [-0.05, 0) is 222 Å². The van der Waals surface area contributed by atoms with Crippen molar-refractivity contribution in [3.05, 3.63) is 209 Å². The van der Waals surface area contributed by atoms with Gasteiger partial charge in [0.1, 0.15) is 37.1 Å². The molecule has 12 rings (SSSR count). The Morgan fingerprint density at radius 1 is 0.427 bits per heavy atom. The lowest BCUT2D eigenvalue weighted by Gasteiger charge is -2.30. The molecule has 9 aromatic rings. The Labute approximate surface area is 683 Å². The number of halogens is 3. The highest BCUT2D eigenvalue weighted by atomic mass is 19.1. The lowest BCUT2D eigenvalue weighted by atomic mass is 9.86. The number of carbonyl (C=O) groups excluding carboxylic acids is 3. The first-order chi connectivity index (χ1) is 56.3. The average Bonchev–Trinajstić information content (AvgIpc) is 0.842. The van der Waals surface area contributed by atoms with Gasteiger partial charge in [0, 0.05) is 106 Å². The third kappa shape index (κ3) is 28.5. The number of carbonyl (C=O) groups is 3. The molecule has 117 heavy (non-hydrogen) atoms. The van der Waals surface area contributed by atoms with E-state index in [4.69, 9.17) is 28.4 Å². The Hall–Kier alpha value is -11.4. The second-order valence-electron chi connectivity index (χ2n) is 31.0. The van der Waals surface area contributed by atoms with Gasteiger partial charge >= 0.3 is 0 Å². The van der Waals surface area contributed by atoms with E-state index in [1.807, 2.05) is 128 Å². The number of nitrogens with zero attached hydrogens (tertiary/aromatic N) is 7. The molecule has 26 nitrogen and oxygen atoms in total. The van der Waals surface area contributed by atoms with Crippen LogP contribution in [-0.2, 0) is 36.4 Å². The van der Waals surface area contributed by atoms with Gasteiger partial charge in [0.05, 0.1) is 50.4 Å². The fourth-order valence-corrected chi connectivity index (χ4v) is 13.6. The van der Waals surface area contributed by atoms with Crippen LogP contribution in [0.5, 0.6) is 17.2 Å². The second-order valence-corrected chi connectivity index (χ2v) is 31.0. The maximum absolute atomic E-state index is 14.6. The Morgan fingerprint density at radius 2 is 0.752 bits per heavy atom. The predicted octanol–water partition coefficient (Wildman–Crippen LogP) is 15.1. The molecule has 624 valence electrons. The van der Waals surface area contributed by atoms with Crippen molar-refractivity contribution < 1.29 is 61.1 Å². The molecule has 6 unspecified atom stereocenters. The van der Waals surface area contributed by atoms with Gasteiger partial charge in [0.15, 0.2) is 34.9 Å². The van der Waals surface area contributed by atoms with Crippen LogP contribution in [-0.4, -0.2) is 164 Å². The largest absolute Gasteiger partial charge is 0.491 e. The van der Waals surface area contributed by atoms with Crippen LogP contribution in [0.15, 0.2) is 164 Å². The molecule has 3 aliphatic rings. The van der Waals surface area contributed by atoms with Crippen LogP contribution in [0.3, 0.4) is 0 Å². The molecule has 3 amide bonds. The van der Waals surface area contributed by atoms with E-state index in [-0.39, 0.29) is 94.7 Å². The van der Waals surface area contributed by atoms with Crippen molar-refractivity contribution in [1.82, 2.24) is 45.9 Å². The zero-order chi connectivity index (χ0) is 83.3. The number of rotatable bonds is 33. The van der Waals surface area contributed by atoms with E-state index in [2.05, 4.69) is 111 Å². The molecule has 3 aromatic heterocycles. The number of ether oxygens (including phenoxy) is 6. The molecule has 6 atom stereocenters. The molecule has 29 heteroatoms. The SMILES string of the molecule is COCCOc1ccc(Nc2ncc(F)c(NC3CCCC(NC(=O)Cc4ccc(C(C)(C)C)cc4)C3)n2)cc1.COCCOc1ccc(Nc2ncc(F)c(NC3CCCC(NC(=O)c4ccc(C(C)(C)O)cc4)C3)n2)cc1.COCCOc1ccc(Nc2ncc(F)c(NC3CCCC(NC(=O)c4ccc(N(C)C)cc4)C3)n2)cc1. The zero-order valence-corrected chi connectivity index (χ0v) is 68.4. The number of hydrogen-bond acceptors (Lipinski definition) is 23. The van der Waals surface area contributed by atoms with Crippen LogP contribution in [0.25, 0.3) is 0 Å². The van der Waals surface area contributed by atoms with Gasteiger partial charge in [-0.1, -0.05) is 57.2 Å². The van der Waals surface area contributed by atoms with Gasteiger partial charge < -0.3 is 86.3 Å². The van der Waals surface area contributed by atoms with Crippen molar-refractivity contribution in [3.63, 3.8) is 0 Å². The van der Waals surface area contributed by atoms with Gasteiger partial charge in [-0.15, -0.1) is 0 Å². The number of methoxy groups -OCH3 is 3. The fourth-order valence-electron chi connectivity index (χ4n) is 13.6. The van der Waals surface area contributed by atoms with Crippen LogP contribution in [0.2, 0.25) is 0 Å². The highest BCUT2D eigenvalue weighted by molar-refractivity contribution is 5.95. The average molecular weight is 1610 g/mol. The summed E-state index contributed by atoms with van der Waals surface area (Å²) in [5.41, 5.74) is 6.53. The maximum atomic E-state index is 14.6. The number of aromatic nitrogens is 6. The van der Waals surface area contributed by atoms with Gasteiger partial charge in [0.2, 0.25) is 23.8 Å². The molecule has 0 spiro atoms. The monoisotopic (exact) mass is 1610 g/mol.